The Morgan fingerprint density at radius 1 is 0.932 bits per heavy atom. The molecule has 2 aliphatic rings. The third kappa shape index (κ3) is 5.51. The Labute approximate surface area is 258 Å². The number of hydrogen-bond acceptors (Lipinski definition) is 6. The number of aromatic nitrogens is 2. The van der Waals surface area contributed by atoms with Crippen LogP contribution in [0.3, 0.4) is 0 Å². The molecule has 0 radical (unpaired) electrons. The monoisotopic (exact) mass is 603 g/mol. The zero-order valence-electron chi connectivity index (χ0n) is 23.7. The van der Waals surface area contributed by atoms with E-state index in [1.807, 2.05) is 72.8 Å². The first-order chi connectivity index (χ1) is 21.5. The van der Waals surface area contributed by atoms with E-state index < -0.39 is 6.04 Å². The number of carbonyl (C=O) groups excluding carboxylic acids is 3. The average Bonchev–Trinajstić information content (AvgIpc) is 3.70. The lowest BCUT2D eigenvalue weighted by atomic mass is 9.91. The van der Waals surface area contributed by atoms with Crippen LogP contribution in [-0.2, 0) is 16.1 Å². The maximum Gasteiger partial charge on any atom is 0.251 e. The second kappa shape index (κ2) is 11.9. The van der Waals surface area contributed by atoms with Crippen molar-refractivity contribution >= 4 is 40.4 Å². The maximum atomic E-state index is 13.7. The number of likely N-dealkylation sites (tertiary alicyclic amines) is 1. The van der Waals surface area contributed by atoms with Crippen molar-refractivity contribution in [3.8, 4) is 11.5 Å². The summed E-state index contributed by atoms with van der Waals surface area (Å²) in [5, 5.41) is 6.74. The quantitative estimate of drug-likeness (QED) is 0.230. The van der Waals surface area contributed by atoms with Gasteiger partial charge in [-0.15, -0.1) is 0 Å². The highest BCUT2D eigenvalue weighted by molar-refractivity contribution is 7.99. The predicted octanol–water partition coefficient (Wildman–Crippen LogP) is 5.25. The summed E-state index contributed by atoms with van der Waals surface area (Å²) in [6, 6.07) is 25.9. The molecule has 9 nitrogen and oxygen atoms in total. The average molecular weight is 604 g/mol. The minimum atomic E-state index is -0.706. The third-order valence-electron chi connectivity index (χ3n) is 8.04. The lowest BCUT2D eigenvalue weighted by Gasteiger charge is -2.28. The number of ether oxygens (including phenoxy) is 1. The second-order valence-electron chi connectivity index (χ2n) is 10.8. The number of rotatable bonds is 7. The fourth-order valence-corrected chi connectivity index (χ4v) is 6.82. The Bertz CT molecular complexity index is 1840. The largest absolute Gasteiger partial charge is 0.455 e. The van der Waals surface area contributed by atoms with Gasteiger partial charge in [0.15, 0.2) is 0 Å². The number of amides is 3. The molecule has 7 rings (SSSR count). The lowest BCUT2D eigenvalue weighted by molar-refractivity contribution is -0.138. The number of hydrogen-bond donors (Lipinski definition) is 3. The van der Waals surface area contributed by atoms with Crippen molar-refractivity contribution in [1.29, 1.82) is 0 Å². The first-order valence-electron chi connectivity index (χ1n) is 14.4. The molecule has 0 saturated carbocycles. The van der Waals surface area contributed by atoms with Gasteiger partial charge in [0.1, 0.15) is 17.5 Å². The molecule has 0 spiro atoms. The molecule has 0 aliphatic carbocycles. The summed E-state index contributed by atoms with van der Waals surface area (Å²) in [6.45, 7) is 0.468. The molecule has 2 aromatic heterocycles. The first-order valence-corrected chi connectivity index (χ1v) is 15.3. The van der Waals surface area contributed by atoms with E-state index in [0.29, 0.717) is 24.3 Å². The number of pyridine rings is 1. The molecular formula is C34H29N5O4S. The van der Waals surface area contributed by atoms with Crippen molar-refractivity contribution < 1.29 is 19.1 Å². The molecule has 3 aromatic carbocycles. The summed E-state index contributed by atoms with van der Waals surface area (Å²) in [6.07, 6.45) is 4.12. The molecule has 1 fully saturated rings. The number of benzene rings is 3. The normalized spacial score (nSPS) is 17.0. The standard InChI is InChI=1S/C34H29N5O4S/c40-31(20-37-33(41)22-10-11-30-28(17-22)43-27-8-4-5-9-29(27)44-30)39-15-13-25(21-6-2-1-3-7-21)32(39)34(42)36-19-24-16-23-18-35-14-12-26(23)38-24/h1-12,14,16-18,25,32,38H,13,15,19-20H2,(H,36,42)(H,37,41)/t25-,32+/m1/s1. The Morgan fingerprint density at radius 3 is 2.61 bits per heavy atom. The van der Waals surface area contributed by atoms with E-state index in [9.17, 15) is 14.4 Å². The summed E-state index contributed by atoms with van der Waals surface area (Å²) in [7, 11) is 0. The van der Waals surface area contributed by atoms with Gasteiger partial charge in [-0.3, -0.25) is 19.4 Å². The van der Waals surface area contributed by atoms with Gasteiger partial charge in [-0.1, -0.05) is 54.2 Å². The molecule has 0 bridgehead atoms. The lowest BCUT2D eigenvalue weighted by Crippen LogP contribution is -2.50. The second-order valence-corrected chi connectivity index (χ2v) is 11.9. The minimum absolute atomic E-state index is 0.166. The van der Waals surface area contributed by atoms with Crippen molar-refractivity contribution in [3.05, 3.63) is 114 Å². The van der Waals surface area contributed by atoms with Crippen LogP contribution in [0, 0.1) is 0 Å². The van der Waals surface area contributed by atoms with E-state index >= 15 is 0 Å². The number of H-pyrrole nitrogens is 1. The summed E-state index contributed by atoms with van der Waals surface area (Å²) in [5.41, 5.74) is 3.17. The molecule has 1 saturated heterocycles. The van der Waals surface area contributed by atoms with E-state index in [2.05, 4.69) is 20.6 Å². The summed E-state index contributed by atoms with van der Waals surface area (Å²) in [5.74, 6) is 0.235. The Kier molecular flexibility index (Phi) is 7.49. The molecule has 10 heteroatoms. The number of para-hydroxylation sites is 1. The van der Waals surface area contributed by atoms with Crippen LogP contribution in [0.5, 0.6) is 11.5 Å². The molecule has 5 aromatic rings. The summed E-state index contributed by atoms with van der Waals surface area (Å²) < 4.78 is 6.02. The van der Waals surface area contributed by atoms with Crippen LogP contribution < -0.4 is 15.4 Å². The van der Waals surface area contributed by atoms with Crippen molar-refractivity contribution in [2.75, 3.05) is 13.1 Å². The van der Waals surface area contributed by atoms with E-state index in [1.54, 1.807) is 41.2 Å². The van der Waals surface area contributed by atoms with Gasteiger partial charge >= 0.3 is 0 Å². The van der Waals surface area contributed by atoms with E-state index in [4.69, 9.17) is 4.74 Å². The summed E-state index contributed by atoms with van der Waals surface area (Å²) >= 11 is 1.58. The molecule has 220 valence electrons. The third-order valence-corrected chi connectivity index (χ3v) is 9.15. The molecule has 4 heterocycles. The van der Waals surface area contributed by atoms with Gasteiger partial charge in [0, 0.05) is 47.0 Å². The molecule has 0 unspecified atom stereocenters. The highest BCUT2D eigenvalue weighted by atomic mass is 32.2. The van der Waals surface area contributed by atoms with Crippen molar-refractivity contribution in [3.63, 3.8) is 0 Å². The van der Waals surface area contributed by atoms with Crippen LogP contribution in [0.1, 0.15) is 34.0 Å². The van der Waals surface area contributed by atoms with Gasteiger partial charge in [0.2, 0.25) is 11.8 Å². The van der Waals surface area contributed by atoms with Gasteiger partial charge in [-0.05, 0) is 54.4 Å². The topological polar surface area (TPSA) is 116 Å². The highest BCUT2D eigenvalue weighted by Gasteiger charge is 2.42. The fourth-order valence-electron chi connectivity index (χ4n) is 5.89. The number of aromatic amines is 1. The maximum absolute atomic E-state index is 13.7. The Hall–Kier alpha value is -5.09. The van der Waals surface area contributed by atoms with Crippen LogP contribution in [0.4, 0.5) is 0 Å². The van der Waals surface area contributed by atoms with E-state index in [0.717, 1.165) is 37.7 Å². The summed E-state index contributed by atoms with van der Waals surface area (Å²) in [4.78, 5) is 51.3. The fraction of sp³-hybridized carbons (Fsp3) is 0.176. The SMILES string of the molecule is O=C(NCC(=O)N1CC[C@H](c2ccccc2)[C@H]1C(=O)NCc1cc2cnccc2[nH]1)c1ccc2c(c1)Oc1ccccc1S2. The highest BCUT2D eigenvalue weighted by Crippen LogP contribution is 2.47. The molecule has 2 aliphatic heterocycles. The van der Waals surface area contributed by atoms with Gasteiger partial charge < -0.3 is 25.3 Å². The Balaban J connectivity index is 1.03. The van der Waals surface area contributed by atoms with E-state index in [1.165, 1.54) is 0 Å². The van der Waals surface area contributed by atoms with Crippen LogP contribution in [0.15, 0.2) is 107 Å². The van der Waals surface area contributed by atoms with E-state index in [-0.39, 0.29) is 36.7 Å². The van der Waals surface area contributed by atoms with Crippen LogP contribution >= 0.6 is 11.8 Å². The van der Waals surface area contributed by atoms with Gasteiger partial charge in [-0.25, -0.2) is 0 Å². The molecule has 44 heavy (non-hydrogen) atoms. The molecular weight excluding hydrogens is 574 g/mol. The number of nitrogens with one attached hydrogen (secondary N) is 3. The Morgan fingerprint density at radius 2 is 1.75 bits per heavy atom. The number of nitrogens with zero attached hydrogens (tertiary/aromatic N) is 2. The van der Waals surface area contributed by atoms with Gasteiger partial charge in [-0.2, -0.15) is 0 Å². The molecule has 3 amide bonds. The number of fused-ring (bicyclic) bond motifs is 3. The number of carbonyl (C=O) groups is 3. The van der Waals surface area contributed by atoms with Crippen LogP contribution in [0.2, 0.25) is 0 Å². The van der Waals surface area contributed by atoms with Crippen molar-refractivity contribution in [2.24, 2.45) is 0 Å². The first kappa shape index (κ1) is 27.7. The molecule has 3 N–H and O–H groups in total. The van der Waals surface area contributed by atoms with Crippen molar-refractivity contribution in [2.45, 2.75) is 34.7 Å². The smallest absolute Gasteiger partial charge is 0.251 e. The predicted molar refractivity (Wildman–Crippen MR) is 167 cm³/mol. The van der Waals surface area contributed by atoms with Gasteiger partial charge in [0.05, 0.1) is 22.9 Å². The van der Waals surface area contributed by atoms with Crippen LogP contribution in [-0.4, -0.2) is 51.7 Å². The zero-order valence-corrected chi connectivity index (χ0v) is 24.5. The van der Waals surface area contributed by atoms with Gasteiger partial charge in [0.25, 0.3) is 5.91 Å². The minimum Gasteiger partial charge on any atom is -0.455 e. The molecule has 2 atom stereocenters. The zero-order chi connectivity index (χ0) is 30.0. The van der Waals surface area contributed by atoms with Crippen LogP contribution in [0.25, 0.3) is 10.9 Å². The van der Waals surface area contributed by atoms with Crippen molar-refractivity contribution in [1.82, 2.24) is 25.5 Å².